The standard InChI is InChI=1S/C27H36N4O3/c1-26(2,28)25(33)29-22(18-34-17-20-9-5-4-6-10-20)24(32)31-15-13-27(14-16-31)19-30(3)23-12-8-7-11-21(23)27/h4-12,22H,13-19,28H2,1-3H3,(H,29,33)/t22-/m1/s1. The van der Waals surface area contributed by atoms with Gasteiger partial charge in [-0.25, -0.2) is 0 Å². The lowest BCUT2D eigenvalue weighted by Crippen LogP contribution is -2.59. The van der Waals surface area contributed by atoms with Crippen LogP contribution >= 0.6 is 0 Å². The van der Waals surface area contributed by atoms with E-state index in [2.05, 4.69) is 41.5 Å². The maximum atomic E-state index is 13.5. The van der Waals surface area contributed by atoms with Crippen LogP contribution in [-0.2, 0) is 26.3 Å². The topological polar surface area (TPSA) is 87.9 Å². The maximum absolute atomic E-state index is 13.5. The molecule has 0 radical (unpaired) electrons. The van der Waals surface area contributed by atoms with Crippen molar-refractivity contribution in [2.75, 3.05) is 38.2 Å². The first-order valence-corrected chi connectivity index (χ1v) is 12.0. The smallest absolute Gasteiger partial charge is 0.247 e. The second-order valence-corrected chi connectivity index (χ2v) is 10.2. The zero-order chi connectivity index (χ0) is 24.3. The second kappa shape index (κ2) is 9.76. The maximum Gasteiger partial charge on any atom is 0.247 e. The zero-order valence-electron chi connectivity index (χ0n) is 20.4. The Hall–Kier alpha value is -2.90. The van der Waals surface area contributed by atoms with E-state index in [0.29, 0.717) is 19.7 Å². The molecule has 1 fully saturated rings. The van der Waals surface area contributed by atoms with E-state index in [9.17, 15) is 9.59 Å². The zero-order valence-corrected chi connectivity index (χ0v) is 20.4. The number of amides is 2. The third kappa shape index (κ3) is 5.10. The van der Waals surface area contributed by atoms with Crippen LogP contribution < -0.4 is 16.0 Å². The molecular weight excluding hydrogens is 428 g/mol. The Labute approximate surface area is 202 Å². The molecule has 2 aromatic carbocycles. The minimum absolute atomic E-state index is 0.0733. The highest BCUT2D eigenvalue weighted by Gasteiger charge is 2.44. The summed E-state index contributed by atoms with van der Waals surface area (Å²) in [4.78, 5) is 30.3. The molecule has 7 heteroatoms. The molecule has 1 saturated heterocycles. The van der Waals surface area contributed by atoms with Gasteiger partial charge in [-0.15, -0.1) is 0 Å². The number of nitrogens with two attached hydrogens (primary N) is 1. The Morgan fingerprint density at radius 1 is 1.09 bits per heavy atom. The number of nitrogens with one attached hydrogen (secondary N) is 1. The van der Waals surface area contributed by atoms with E-state index in [0.717, 1.165) is 24.9 Å². The summed E-state index contributed by atoms with van der Waals surface area (Å²) < 4.78 is 5.85. The highest BCUT2D eigenvalue weighted by Crippen LogP contribution is 2.46. The van der Waals surface area contributed by atoms with Crippen LogP contribution in [-0.4, -0.2) is 61.6 Å². The number of hydrogen-bond acceptors (Lipinski definition) is 5. The van der Waals surface area contributed by atoms with Gasteiger partial charge in [0, 0.05) is 37.8 Å². The van der Waals surface area contributed by atoms with Gasteiger partial charge in [0.1, 0.15) is 6.04 Å². The van der Waals surface area contributed by atoms with Crippen LogP contribution in [0.5, 0.6) is 0 Å². The van der Waals surface area contributed by atoms with Crippen LogP contribution in [0.4, 0.5) is 5.69 Å². The Balaban J connectivity index is 1.42. The first-order chi connectivity index (χ1) is 16.2. The van der Waals surface area contributed by atoms with E-state index in [4.69, 9.17) is 10.5 Å². The second-order valence-electron chi connectivity index (χ2n) is 10.2. The Kier molecular flexibility index (Phi) is 6.96. The molecule has 3 N–H and O–H groups in total. The number of piperidine rings is 1. The summed E-state index contributed by atoms with van der Waals surface area (Å²) in [6.07, 6.45) is 1.79. The van der Waals surface area contributed by atoms with Crippen molar-refractivity contribution in [1.82, 2.24) is 10.2 Å². The molecule has 0 aromatic heterocycles. The summed E-state index contributed by atoms with van der Waals surface area (Å²) in [5.41, 5.74) is 8.65. The average molecular weight is 465 g/mol. The van der Waals surface area contributed by atoms with Gasteiger partial charge in [-0.3, -0.25) is 9.59 Å². The molecule has 0 unspecified atom stereocenters. The van der Waals surface area contributed by atoms with Gasteiger partial charge in [0.2, 0.25) is 11.8 Å². The highest BCUT2D eigenvalue weighted by atomic mass is 16.5. The first kappa shape index (κ1) is 24.2. The van der Waals surface area contributed by atoms with E-state index < -0.39 is 11.6 Å². The lowest BCUT2D eigenvalue weighted by molar-refractivity contribution is -0.140. The number of ether oxygens (including phenoxy) is 1. The molecule has 182 valence electrons. The number of para-hydroxylation sites is 1. The van der Waals surface area contributed by atoms with Gasteiger partial charge in [-0.2, -0.15) is 0 Å². The molecule has 1 spiro atoms. The van der Waals surface area contributed by atoms with Gasteiger partial charge in [0.15, 0.2) is 0 Å². The van der Waals surface area contributed by atoms with Gasteiger partial charge in [-0.05, 0) is 43.9 Å². The third-order valence-corrected chi connectivity index (χ3v) is 7.04. The summed E-state index contributed by atoms with van der Waals surface area (Å²) in [5, 5.41) is 2.84. The highest BCUT2D eigenvalue weighted by molar-refractivity contribution is 5.91. The van der Waals surface area contributed by atoms with Crippen LogP contribution in [0, 0.1) is 0 Å². The fourth-order valence-corrected chi connectivity index (χ4v) is 5.07. The molecule has 0 saturated carbocycles. The number of benzene rings is 2. The number of fused-ring (bicyclic) bond motifs is 2. The summed E-state index contributed by atoms with van der Waals surface area (Å²) in [5.74, 6) is -0.478. The van der Waals surface area contributed by atoms with Gasteiger partial charge >= 0.3 is 0 Å². The predicted octanol–water partition coefficient (Wildman–Crippen LogP) is 2.44. The normalized spacial score (nSPS) is 18.0. The molecule has 0 aliphatic carbocycles. The molecule has 7 nitrogen and oxygen atoms in total. The van der Waals surface area contributed by atoms with E-state index in [1.54, 1.807) is 13.8 Å². The van der Waals surface area contributed by atoms with Crippen LogP contribution in [0.2, 0.25) is 0 Å². The minimum Gasteiger partial charge on any atom is -0.374 e. The summed E-state index contributed by atoms with van der Waals surface area (Å²) in [6.45, 7) is 6.01. The number of hydrogen-bond donors (Lipinski definition) is 2. The number of likely N-dealkylation sites (N-methyl/N-ethyl adjacent to an activating group) is 1. The third-order valence-electron chi connectivity index (χ3n) is 7.04. The molecule has 4 rings (SSSR count). The fraction of sp³-hybridized carbons (Fsp3) is 0.481. The minimum atomic E-state index is -1.08. The van der Waals surface area contributed by atoms with E-state index in [1.807, 2.05) is 35.2 Å². The Bertz CT molecular complexity index is 1010. The van der Waals surface area contributed by atoms with Crippen LogP contribution in [0.25, 0.3) is 0 Å². The number of nitrogens with zero attached hydrogens (tertiary/aromatic N) is 2. The van der Waals surface area contributed by atoms with Crippen LogP contribution in [0.1, 0.15) is 37.8 Å². The molecule has 2 aliphatic heterocycles. The van der Waals surface area contributed by atoms with Crippen molar-refractivity contribution in [3.8, 4) is 0 Å². The van der Waals surface area contributed by atoms with Gasteiger partial charge in [0.25, 0.3) is 0 Å². The summed E-state index contributed by atoms with van der Waals surface area (Å²) in [6, 6.07) is 17.6. The number of carbonyl (C=O) groups excluding carboxylic acids is 2. The molecule has 1 atom stereocenters. The van der Waals surface area contributed by atoms with Crippen molar-refractivity contribution >= 4 is 17.5 Å². The number of likely N-dealkylation sites (tertiary alicyclic amines) is 1. The van der Waals surface area contributed by atoms with E-state index >= 15 is 0 Å². The quantitative estimate of drug-likeness (QED) is 0.657. The van der Waals surface area contributed by atoms with Crippen molar-refractivity contribution in [2.24, 2.45) is 5.73 Å². The molecule has 34 heavy (non-hydrogen) atoms. The van der Waals surface area contributed by atoms with Crippen molar-refractivity contribution in [1.29, 1.82) is 0 Å². The molecule has 2 aromatic rings. The van der Waals surface area contributed by atoms with Crippen molar-refractivity contribution in [2.45, 2.75) is 50.3 Å². The molecule has 2 heterocycles. The Morgan fingerprint density at radius 3 is 2.41 bits per heavy atom. The molecule has 2 aliphatic rings. The largest absolute Gasteiger partial charge is 0.374 e. The lowest BCUT2D eigenvalue weighted by atomic mass is 9.74. The predicted molar refractivity (Wildman–Crippen MR) is 133 cm³/mol. The SMILES string of the molecule is CN1CC2(CCN(C(=O)[C@@H](COCc3ccccc3)NC(=O)C(C)(C)N)CC2)c2ccccc21. The van der Waals surface area contributed by atoms with Gasteiger partial charge in [-0.1, -0.05) is 48.5 Å². The van der Waals surface area contributed by atoms with Gasteiger partial charge in [0.05, 0.1) is 18.8 Å². The molecule has 0 bridgehead atoms. The van der Waals surface area contributed by atoms with Crippen molar-refractivity contribution in [3.63, 3.8) is 0 Å². The Morgan fingerprint density at radius 2 is 1.74 bits per heavy atom. The van der Waals surface area contributed by atoms with E-state index in [-0.39, 0.29) is 23.8 Å². The van der Waals surface area contributed by atoms with E-state index in [1.165, 1.54) is 11.3 Å². The van der Waals surface area contributed by atoms with Gasteiger partial charge < -0.3 is 25.6 Å². The van der Waals surface area contributed by atoms with Crippen molar-refractivity contribution < 1.29 is 14.3 Å². The fourth-order valence-electron chi connectivity index (χ4n) is 5.07. The first-order valence-electron chi connectivity index (χ1n) is 12.0. The molecular formula is C27H36N4O3. The monoisotopic (exact) mass is 464 g/mol. The summed E-state index contributed by atoms with van der Waals surface area (Å²) >= 11 is 0. The van der Waals surface area contributed by atoms with Crippen LogP contribution in [0.15, 0.2) is 54.6 Å². The average Bonchev–Trinajstić information content (AvgIpc) is 3.10. The number of rotatable bonds is 7. The number of carbonyl (C=O) groups is 2. The van der Waals surface area contributed by atoms with Crippen molar-refractivity contribution in [3.05, 3.63) is 65.7 Å². The summed E-state index contributed by atoms with van der Waals surface area (Å²) in [7, 11) is 2.13. The van der Waals surface area contributed by atoms with Crippen LogP contribution in [0.3, 0.4) is 0 Å². The number of anilines is 1. The molecule has 2 amide bonds. The lowest BCUT2D eigenvalue weighted by Gasteiger charge is -2.41.